The molecule has 16 heteroatoms. The van der Waals surface area contributed by atoms with Crippen LogP contribution in [0.3, 0.4) is 0 Å². The van der Waals surface area contributed by atoms with Crippen LogP contribution in [0.1, 0.15) is 45.1 Å². The smallest absolute Gasteiger partial charge is 0.305 e. The molecule has 0 aromatic heterocycles. The summed E-state index contributed by atoms with van der Waals surface area (Å²) in [4.78, 5) is 37.5. The summed E-state index contributed by atoms with van der Waals surface area (Å²) in [7, 11) is 0. The third kappa shape index (κ3) is 7.41. The first-order valence-corrected chi connectivity index (χ1v) is 12.8. The third-order valence-corrected chi connectivity index (χ3v) is 6.66. The Balaban J connectivity index is 1.88. The summed E-state index contributed by atoms with van der Waals surface area (Å²) in [5, 5.41) is 14.1. The minimum absolute atomic E-state index is 0.0647. The van der Waals surface area contributed by atoms with Crippen molar-refractivity contribution in [3.05, 3.63) is 64.2 Å². The highest BCUT2D eigenvalue weighted by Crippen LogP contribution is 2.37. The second-order valence-corrected chi connectivity index (χ2v) is 10.1. The molecule has 3 rings (SSSR count). The lowest BCUT2D eigenvalue weighted by atomic mass is 9.90. The van der Waals surface area contributed by atoms with Crippen LogP contribution < -0.4 is 15.4 Å². The van der Waals surface area contributed by atoms with E-state index in [1.165, 1.54) is 13.8 Å². The molecule has 1 aliphatic heterocycles. The Hall–Kier alpha value is -3.79. The lowest BCUT2D eigenvalue weighted by molar-refractivity contribution is -0.144. The second kappa shape index (κ2) is 13.7. The molecule has 1 saturated heterocycles. The number of halogens is 8. The standard InChI is InChI=1S/C27H26F8N2O6/c1-11(2)24(37-27(5-3-4-6-43-27)12-7-13(28)20(32)23(35)19(12)31)26(41)36-16(9-18(39)40)17(38)10-42-25-21(33)14(29)8-15(30)22(25)34/h7-8,11,16,24,37H,3-6,9-10H2,1-2H3,(H,36,41)(H,39,40)/t16-,24-,27?/m0/s1. The van der Waals surface area contributed by atoms with Gasteiger partial charge in [0.15, 0.2) is 46.4 Å². The zero-order chi connectivity index (χ0) is 32.2. The summed E-state index contributed by atoms with van der Waals surface area (Å²) < 4.78 is 122. The fourth-order valence-corrected chi connectivity index (χ4v) is 4.45. The molecule has 1 heterocycles. The second-order valence-electron chi connectivity index (χ2n) is 10.1. The van der Waals surface area contributed by atoms with Gasteiger partial charge in [0.05, 0.1) is 12.5 Å². The van der Waals surface area contributed by atoms with Crippen molar-refractivity contribution >= 4 is 17.7 Å². The molecule has 1 fully saturated rings. The summed E-state index contributed by atoms with van der Waals surface area (Å²) >= 11 is 0. The van der Waals surface area contributed by atoms with E-state index < -0.39 is 112 Å². The molecule has 3 N–H and O–H groups in total. The van der Waals surface area contributed by atoms with Gasteiger partial charge in [0, 0.05) is 18.2 Å². The molecular weight excluding hydrogens is 600 g/mol. The average Bonchev–Trinajstić information content (AvgIpc) is 2.95. The van der Waals surface area contributed by atoms with Gasteiger partial charge in [-0.25, -0.2) is 26.3 Å². The molecule has 2 aromatic carbocycles. The van der Waals surface area contributed by atoms with Crippen LogP contribution in [0.4, 0.5) is 35.1 Å². The Bertz CT molecular complexity index is 1370. The zero-order valence-corrected chi connectivity index (χ0v) is 22.6. The molecule has 1 amide bonds. The maximum atomic E-state index is 14.9. The van der Waals surface area contributed by atoms with E-state index in [4.69, 9.17) is 4.74 Å². The molecule has 0 aliphatic carbocycles. The van der Waals surface area contributed by atoms with Crippen LogP contribution in [0.25, 0.3) is 0 Å². The molecular formula is C27H26F8N2O6. The lowest BCUT2D eigenvalue weighted by Gasteiger charge is -2.42. The number of carboxylic acid groups (broad SMARTS) is 1. The number of rotatable bonds is 12. The van der Waals surface area contributed by atoms with Gasteiger partial charge >= 0.3 is 5.97 Å². The summed E-state index contributed by atoms with van der Waals surface area (Å²) in [5.41, 5.74) is -2.84. The van der Waals surface area contributed by atoms with Crippen LogP contribution in [0.5, 0.6) is 5.75 Å². The van der Waals surface area contributed by atoms with E-state index in [1.54, 1.807) is 0 Å². The largest absolute Gasteiger partial charge is 0.481 e. The molecule has 0 spiro atoms. The van der Waals surface area contributed by atoms with Crippen molar-refractivity contribution in [1.82, 2.24) is 10.6 Å². The number of hydrogen-bond donors (Lipinski definition) is 3. The van der Waals surface area contributed by atoms with Crippen LogP contribution in [-0.4, -0.2) is 48.1 Å². The molecule has 2 aromatic rings. The molecule has 0 saturated carbocycles. The molecule has 0 radical (unpaired) electrons. The van der Waals surface area contributed by atoms with Crippen molar-refractivity contribution in [2.24, 2.45) is 5.92 Å². The number of carboxylic acids is 1. The molecule has 1 aliphatic rings. The van der Waals surface area contributed by atoms with E-state index in [0.29, 0.717) is 18.9 Å². The SMILES string of the molecule is CC(C)[C@H](NC1(c2cc(F)c(F)c(F)c2F)CCCCO1)C(=O)N[C@@H](CC(=O)O)C(=O)COc1c(F)c(F)cc(F)c1F. The van der Waals surface area contributed by atoms with Crippen LogP contribution in [0.15, 0.2) is 12.1 Å². The van der Waals surface area contributed by atoms with Crippen LogP contribution in [0.2, 0.25) is 0 Å². The lowest BCUT2D eigenvalue weighted by Crippen LogP contribution is -2.60. The topological polar surface area (TPSA) is 114 Å². The van der Waals surface area contributed by atoms with Gasteiger partial charge in [0.2, 0.25) is 17.5 Å². The van der Waals surface area contributed by atoms with Crippen LogP contribution in [0, 0.1) is 52.5 Å². The number of ether oxygens (including phenoxy) is 2. The molecule has 1 unspecified atom stereocenters. The number of amides is 1. The van der Waals surface area contributed by atoms with Gasteiger partial charge in [0.1, 0.15) is 18.4 Å². The Morgan fingerprint density at radius 2 is 1.51 bits per heavy atom. The monoisotopic (exact) mass is 626 g/mol. The van der Waals surface area contributed by atoms with Crippen molar-refractivity contribution in [2.45, 2.75) is 57.3 Å². The highest BCUT2D eigenvalue weighted by Gasteiger charge is 2.44. The minimum atomic E-state index is -2.12. The van der Waals surface area contributed by atoms with Gasteiger partial charge in [-0.1, -0.05) is 13.8 Å². The summed E-state index contributed by atoms with van der Waals surface area (Å²) in [6, 6.07) is -3.11. The first-order chi connectivity index (χ1) is 20.1. The van der Waals surface area contributed by atoms with Crippen molar-refractivity contribution in [2.75, 3.05) is 13.2 Å². The van der Waals surface area contributed by atoms with Gasteiger partial charge < -0.3 is 19.9 Å². The third-order valence-electron chi connectivity index (χ3n) is 6.66. The Kier molecular flexibility index (Phi) is 10.7. The van der Waals surface area contributed by atoms with E-state index in [-0.39, 0.29) is 19.1 Å². The maximum absolute atomic E-state index is 14.9. The first-order valence-electron chi connectivity index (χ1n) is 12.8. The number of hydrogen-bond acceptors (Lipinski definition) is 6. The highest BCUT2D eigenvalue weighted by molar-refractivity contribution is 5.94. The minimum Gasteiger partial charge on any atom is -0.481 e. The molecule has 8 nitrogen and oxygen atoms in total. The Labute approximate surface area is 239 Å². The Morgan fingerprint density at radius 1 is 0.907 bits per heavy atom. The predicted octanol–water partition coefficient (Wildman–Crippen LogP) is 4.37. The van der Waals surface area contributed by atoms with E-state index in [1.807, 2.05) is 0 Å². The van der Waals surface area contributed by atoms with Crippen molar-refractivity contribution < 1.29 is 64.1 Å². The number of carbonyl (C=O) groups excluding carboxylic acids is 2. The van der Waals surface area contributed by atoms with Crippen molar-refractivity contribution in [1.29, 1.82) is 0 Å². The normalized spacial score (nSPS) is 18.3. The average molecular weight is 626 g/mol. The molecule has 43 heavy (non-hydrogen) atoms. The van der Waals surface area contributed by atoms with Crippen molar-refractivity contribution in [3.8, 4) is 5.75 Å². The fourth-order valence-electron chi connectivity index (χ4n) is 4.45. The van der Waals surface area contributed by atoms with Gasteiger partial charge in [-0.3, -0.25) is 19.7 Å². The first kappa shape index (κ1) is 33.7. The van der Waals surface area contributed by atoms with Gasteiger partial charge in [-0.2, -0.15) is 8.78 Å². The van der Waals surface area contributed by atoms with Crippen LogP contribution in [-0.2, 0) is 24.8 Å². The quantitative estimate of drug-likeness (QED) is 0.182. The molecule has 236 valence electrons. The number of benzene rings is 2. The summed E-state index contributed by atoms with van der Waals surface area (Å²) in [5.74, 6) is -21.6. The zero-order valence-electron chi connectivity index (χ0n) is 22.6. The number of nitrogens with one attached hydrogen (secondary N) is 2. The number of aliphatic carboxylic acids is 1. The Morgan fingerprint density at radius 3 is 2.05 bits per heavy atom. The predicted molar refractivity (Wildman–Crippen MR) is 130 cm³/mol. The van der Waals surface area contributed by atoms with Crippen LogP contribution >= 0.6 is 0 Å². The van der Waals surface area contributed by atoms with E-state index in [2.05, 4.69) is 15.4 Å². The summed E-state index contributed by atoms with van der Waals surface area (Å²) in [6.45, 7) is 1.54. The fraction of sp³-hybridized carbons (Fsp3) is 0.444. The van der Waals surface area contributed by atoms with E-state index in [0.717, 1.165) is 0 Å². The maximum Gasteiger partial charge on any atom is 0.305 e. The van der Waals surface area contributed by atoms with Gasteiger partial charge in [-0.15, -0.1) is 0 Å². The van der Waals surface area contributed by atoms with E-state index in [9.17, 15) is 54.6 Å². The highest BCUT2D eigenvalue weighted by atomic mass is 19.2. The number of ketones is 1. The summed E-state index contributed by atoms with van der Waals surface area (Å²) in [6.07, 6.45) is -0.463. The van der Waals surface area contributed by atoms with E-state index >= 15 is 0 Å². The number of carbonyl (C=O) groups is 3. The number of Topliss-reactive ketones (excluding diaryl/α,β-unsaturated/α-hetero) is 1. The van der Waals surface area contributed by atoms with Gasteiger partial charge in [-0.05, 0) is 31.2 Å². The molecule has 0 bridgehead atoms. The van der Waals surface area contributed by atoms with Crippen molar-refractivity contribution in [3.63, 3.8) is 0 Å². The van der Waals surface area contributed by atoms with Gasteiger partial charge in [0.25, 0.3) is 0 Å². The molecule has 3 atom stereocenters.